The van der Waals surface area contributed by atoms with Gasteiger partial charge >= 0.3 is 0 Å². The van der Waals surface area contributed by atoms with Gasteiger partial charge in [0.25, 0.3) is 0 Å². The fourth-order valence-corrected chi connectivity index (χ4v) is 4.16. The Morgan fingerprint density at radius 1 is 0.862 bits per heavy atom. The van der Waals surface area contributed by atoms with Crippen molar-refractivity contribution in [1.82, 2.24) is 0 Å². The molecule has 0 amide bonds. The van der Waals surface area contributed by atoms with Crippen LogP contribution in [0.1, 0.15) is 97.3 Å². The second kappa shape index (κ2) is 13.3. The zero-order valence-corrected chi connectivity index (χ0v) is 18.6. The second-order valence-corrected chi connectivity index (χ2v) is 8.57. The Bertz CT molecular complexity index is 647. The summed E-state index contributed by atoms with van der Waals surface area (Å²) in [6.07, 6.45) is 23.1. The van der Waals surface area contributed by atoms with Crippen LogP contribution >= 0.6 is 0 Å². The summed E-state index contributed by atoms with van der Waals surface area (Å²) >= 11 is 0. The fraction of sp³-hybridized carbons (Fsp3) is 0.615. The van der Waals surface area contributed by atoms with E-state index >= 15 is 0 Å². The summed E-state index contributed by atoms with van der Waals surface area (Å²) < 4.78 is 0. The number of unbranched alkanes of at least 4 members (excludes halogenated alkanes) is 8. The summed E-state index contributed by atoms with van der Waals surface area (Å²) in [6, 6.07) is 9.45. The summed E-state index contributed by atoms with van der Waals surface area (Å²) in [5, 5.41) is 16.7. The molecule has 1 aliphatic carbocycles. The van der Waals surface area contributed by atoms with Crippen molar-refractivity contribution < 1.29 is 4.86 Å². The van der Waals surface area contributed by atoms with Gasteiger partial charge in [0.2, 0.25) is 5.70 Å². The van der Waals surface area contributed by atoms with Gasteiger partial charge < -0.3 is 5.21 Å². The lowest BCUT2D eigenvalue weighted by Crippen LogP contribution is -2.21. The standard InChI is InChI=1S/C26H40N2O/c1-3-5-7-9-14-20-26(21-15-10-8-6-4-2)22-18-25(19-23-26)28(29)27-24-16-12-11-13-17-24/h11-13,16-19,22H,3-10,14-15,20-21,23H2,1-2H3. The lowest BCUT2D eigenvalue weighted by molar-refractivity contribution is -0.468. The molecule has 1 aromatic rings. The van der Waals surface area contributed by atoms with E-state index < -0.39 is 0 Å². The highest BCUT2D eigenvalue weighted by molar-refractivity contribution is 5.34. The Labute approximate surface area is 178 Å². The summed E-state index contributed by atoms with van der Waals surface area (Å²) in [7, 11) is 0. The molecule has 2 rings (SSSR count). The van der Waals surface area contributed by atoms with Gasteiger partial charge in [0.15, 0.2) is 0 Å². The number of azo groups is 1. The van der Waals surface area contributed by atoms with E-state index in [9.17, 15) is 5.21 Å². The Balaban J connectivity index is 1.96. The van der Waals surface area contributed by atoms with Crippen LogP contribution in [-0.4, -0.2) is 4.86 Å². The molecule has 0 bridgehead atoms. The van der Waals surface area contributed by atoms with Gasteiger partial charge in [0, 0.05) is 11.2 Å². The number of rotatable bonds is 14. The Kier molecular flexibility index (Phi) is 10.8. The largest absolute Gasteiger partial charge is 0.594 e. The molecule has 0 spiro atoms. The summed E-state index contributed by atoms with van der Waals surface area (Å²) in [5.74, 6) is 0. The normalized spacial score (nSPS) is 16.1. The summed E-state index contributed by atoms with van der Waals surface area (Å²) in [4.78, 5) is 0.776. The first-order valence-electron chi connectivity index (χ1n) is 11.8. The average molecular weight is 397 g/mol. The van der Waals surface area contributed by atoms with Crippen molar-refractivity contribution in [2.45, 2.75) is 97.3 Å². The summed E-state index contributed by atoms with van der Waals surface area (Å²) in [5.41, 5.74) is 1.59. The third kappa shape index (κ3) is 8.55. The minimum Gasteiger partial charge on any atom is -0.594 e. The van der Waals surface area contributed by atoms with Crippen molar-refractivity contribution in [3.05, 3.63) is 59.5 Å². The molecule has 0 heterocycles. The molecule has 3 heteroatoms. The van der Waals surface area contributed by atoms with Crippen molar-refractivity contribution in [2.75, 3.05) is 0 Å². The van der Waals surface area contributed by atoms with Crippen molar-refractivity contribution in [3.63, 3.8) is 0 Å². The second-order valence-electron chi connectivity index (χ2n) is 8.57. The Morgan fingerprint density at radius 2 is 1.45 bits per heavy atom. The zero-order chi connectivity index (χ0) is 20.8. The maximum Gasteiger partial charge on any atom is 0.240 e. The molecule has 160 valence electrons. The molecule has 0 unspecified atom stereocenters. The van der Waals surface area contributed by atoms with E-state index in [4.69, 9.17) is 0 Å². The monoisotopic (exact) mass is 396 g/mol. The van der Waals surface area contributed by atoms with E-state index in [1.807, 2.05) is 36.4 Å². The van der Waals surface area contributed by atoms with Crippen LogP contribution in [0.15, 0.2) is 59.4 Å². The van der Waals surface area contributed by atoms with Gasteiger partial charge in [-0.25, -0.2) is 0 Å². The molecule has 1 aromatic carbocycles. The highest BCUT2D eigenvalue weighted by atomic mass is 16.5. The number of allylic oxidation sites excluding steroid dienone is 3. The molecule has 0 saturated carbocycles. The van der Waals surface area contributed by atoms with Crippen LogP contribution in [0.25, 0.3) is 0 Å². The lowest BCUT2D eigenvalue weighted by Gasteiger charge is -2.32. The third-order valence-corrected chi connectivity index (χ3v) is 6.07. The molecule has 29 heavy (non-hydrogen) atoms. The molecule has 0 radical (unpaired) electrons. The lowest BCUT2D eigenvalue weighted by atomic mass is 9.73. The number of hydrogen-bond donors (Lipinski definition) is 0. The van der Waals surface area contributed by atoms with E-state index in [2.05, 4.69) is 31.1 Å². The fourth-order valence-electron chi connectivity index (χ4n) is 4.16. The first-order valence-corrected chi connectivity index (χ1v) is 11.8. The molecule has 0 atom stereocenters. The quantitative estimate of drug-likeness (QED) is 0.134. The van der Waals surface area contributed by atoms with Gasteiger partial charge in [0.1, 0.15) is 5.69 Å². The van der Waals surface area contributed by atoms with Crippen LogP contribution in [0.3, 0.4) is 0 Å². The van der Waals surface area contributed by atoms with Crippen molar-refractivity contribution in [2.24, 2.45) is 10.5 Å². The van der Waals surface area contributed by atoms with Crippen molar-refractivity contribution in [1.29, 1.82) is 0 Å². The van der Waals surface area contributed by atoms with E-state index in [0.717, 1.165) is 11.3 Å². The maximum absolute atomic E-state index is 12.5. The minimum atomic E-state index is 0.232. The smallest absolute Gasteiger partial charge is 0.240 e. The van der Waals surface area contributed by atoms with Crippen LogP contribution in [0.2, 0.25) is 0 Å². The number of benzene rings is 1. The topological polar surface area (TPSA) is 38.4 Å². The predicted molar refractivity (Wildman–Crippen MR) is 123 cm³/mol. The van der Waals surface area contributed by atoms with Gasteiger partial charge in [-0.2, -0.15) is 0 Å². The molecular weight excluding hydrogens is 356 g/mol. The molecule has 3 nitrogen and oxygen atoms in total. The highest BCUT2D eigenvalue weighted by Crippen LogP contribution is 2.40. The average Bonchev–Trinajstić information content (AvgIpc) is 2.75. The van der Waals surface area contributed by atoms with Crippen LogP contribution in [0.4, 0.5) is 5.69 Å². The zero-order valence-electron chi connectivity index (χ0n) is 18.6. The van der Waals surface area contributed by atoms with Gasteiger partial charge in [-0.3, -0.25) is 0 Å². The van der Waals surface area contributed by atoms with E-state index in [-0.39, 0.29) is 5.41 Å². The maximum atomic E-state index is 12.5. The van der Waals surface area contributed by atoms with Gasteiger partial charge in [-0.05, 0) is 42.9 Å². The molecule has 0 aliphatic heterocycles. The SMILES string of the molecule is CCCCCCCC1(CCCCCCC)C=CC([N+]([O-])=Nc2ccccc2)=CC1. The first-order chi connectivity index (χ1) is 14.2. The molecule has 0 N–H and O–H groups in total. The minimum absolute atomic E-state index is 0.232. The molecular formula is C26H40N2O. The van der Waals surface area contributed by atoms with Crippen molar-refractivity contribution >= 4 is 5.69 Å². The van der Waals surface area contributed by atoms with E-state index in [0.29, 0.717) is 11.4 Å². The molecule has 0 aromatic heterocycles. The number of hydrogen-bond acceptors (Lipinski definition) is 2. The van der Waals surface area contributed by atoms with Crippen molar-refractivity contribution in [3.8, 4) is 0 Å². The van der Waals surface area contributed by atoms with Crippen LogP contribution in [-0.2, 0) is 0 Å². The van der Waals surface area contributed by atoms with E-state index in [1.54, 1.807) is 0 Å². The number of nitrogens with zero attached hydrogens (tertiary/aromatic N) is 2. The summed E-state index contributed by atoms with van der Waals surface area (Å²) in [6.45, 7) is 4.53. The third-order valence-electron chi connectivity index (χ3n) is 6.07. The molecule has 1 aliphatic rings. The van der Waals surface area contributed by atoms with Crippen LogP contribution in [0.5, 0.6) is 0 Å². The number of hydroxylamine groups is 1. The van der Waals surface area contributed by atoms with E-state index in [1.165, 1.54) is 77.0 Å². The van der Waals surface area contributed by atoms with Gasteiger partial charge in [-0.15, -0.1) is 0 Å². The highest BCUT2D eigenvalue weighted by Gasteiger charge is 2.29. The Hall–Kier alpha value is -1.90. The Morgan fingerprint density at radius 3 is 1.97 bits per heavy atom. The van der Waals surface area contributed by atoms with Gasteiger partial charge in [0.05, 0.1) is 0 Å². The predicted octanol–water partition coefficient (Wildman–Crippen LogP) is 8.83. The molecule has 0 fully saturated rings. The van der Waals surface area contributed by atoms with Crippen LogP contribution in [0, 0.1) is 10.6 Å². The van der Waals surface area contributed by atoms with Crippen LogP contribution < -0.4 is 0 Å². The first kappa shape index (κ1) is 23.4. The van der Waals surface area contributed by atoms with Gasteiger partial charge in [-0.1, -0.05) is 107 Å². The molecule has 0 saturated heterocycles.